The van der Waals surface area contributed by atoms with Crippen LogP contribution in [0.3, 0.4) is 0 Å². The van der Waals surface area contributed by atoms with Crippen LogP contribution in [0.25, 0.3) is 0 Å². The van der Waals surface area contributed by atoms with E-state index >= 15 is 0 Å². The van der Waals surface area contributed by atoms with Gasteiger partial charge < -0.3 is 10.4 Å². The van der Waals surface area contributed by atoms with Gasteiger partial charge >= 0.3 is 6.18 Å². The van der Waals surface area contributed by atoms with E-state index in [1.165, 1.54) is 30.3 Å². The number of carbonyl (C=O) groups excluding carboxylic acids is 1. The number of carbonyl (C=O) groups is 1. The molecule has 1 amide bonds. The molecule has 0 bridgehead atoms. The molecule has 0 aromatic heterocycles. The summed E-state index contributed by atoms with van der Waals surface area (Å²) in [7, 11) is 0. The molecule has 0 unspecified atom stereocenters. The maximum atomic E-state index is 12.9. The number of hydrogen-bond acceptors (Lipinski definition) is 2. The van der Waals surface area contributed by atoms with Gasteiger partial charge in [0.15, 0.2) is 0 Å². The minimum Gasteiger partial charge on any atom is -0.387 e. The Morgan fingerprint density at radius 3 is 2.39 bits per heavy atom. The second-order valence-electron chi connectivity index (χ2n) is 4.79. The number of rotatable bonds is 4. The van der Waals surface area contributed by atoms with Crippen LogP contribution < -0.4 is 5.32 Å². The van der Waals surface area contributed by atoms with Crippen molar-refractivity contribution in [2.75, 3.05) is 6.54 Å². The SMILES string of the molecule is O=C(NC[C@H](O)c1ccccc1C(F)(F)F)c1ccccc1Cl. The molecule has 0 heterocycles. The minimum atomic E-state index is -4.58. The van der Waals surface area contributed by atoms with Gasteiger partial charge in [0, 0.05) is 6.54 Å². The molecule has 3 nitrogen and oxygen atoms in total. The maximum Gasteiger partial charge on any atom is 0.416 e. The molecule has 0 aliphatic rings. The zero-order chi connectivity index (χ0) is 17.0. The van der Waals surface area contributed by atoms with E-state index in [-0.39, 0.29) is 22.7 Å². The third-order valence-electron chi connectivity index (χ3n) is 3.20. The van der Waals surface area contributed by atoms with Crippen LogP contribution >= 0.6 is 11.6 Å². The highest BCUT2D eigenvalue weighted by atomic mass is 35.5. The summed E-state index contributed by atoms with van der Waals surface area (Å²) in [6.45, 7) is -0.364. The van der Waals surface area contributed by atoms with Crippen LogP contribution in [0, 0.1) is 0 Å². The first-order valence-electron chi connectivity index (χ1n) is 6.67. The molecule has 1 atom stereocenters. The van der Waals surface area contributed by atoms with Crippen LogP contribution in [0.1, 0.15) is 27.6 Å². The van der Waals surface area contributed by atoms with Crippen molar-refractivity contribution in [1.82, 2.24) is 5.32 Å². The molecule has 0 saturated carbocycles. The van der Waals surface area contributed by atoms with Gasteiger partial charge in [-0.05, 0) is 23.8 Å². The zero-order valence-electron chi connectivity index (χ0n) is 11.8. The fraction of sp³-hybridized carbons (Fsp3) is 0.188. The number of alkyl halides is 3. The number of aliphatic hydroxyl groups excluding tert-OH is 1. The molecule has 0 aliphatic carbocycles. The average Bonchev–Trinajstić information content (AvgIpc) is 2.52. The van der Waals surface area contributed by atoms with Crippen molar-refractivity contribution < 1.29 is 23.1 Å². The van der Waals surface area contributed by atoms with Crippen LogP contribution in [-0.2, 0) is 6.18 Å². The summed E-state index contributed by atoms with van der Waals surface area (Å²) < 4.78 is 38.7. The van der Waals surface area contributed by atoms with E-state index in [4.69, 9.17) is 11.6 Å². The summed E-state index contributed by atoms with van der Waals surface area (Å²) in [6.07, 6.45) is -6.07. The largest absolute Gasteiger partial charge is 0.416 e. The molecular formula is C16H13ClF3NO2. The van der Waals surface area contributed by atoms with Crippen molar-refractivity contribution in [1.29, 1.82) is 0 Å². The standard InChI is InChI=1S/C16H13ClF3NO2/c17-13-8-4-2-6-11(13)15(23)21-9-14(22)10-5-1-3-7-12(10)16(18,19)20/h1-8,14,22H,9H2,(H,21,23)/t14-/m0/s1. The summed E-state index contributed by atoms with van der Waals surface area (Å²) in [5, 5.41) is 12.6. The second kappa shape index (κ2) is 7.02. The third kappa shape index (κ3) is 4.24. The molecule has 0 fully saturated rings. The van der Waals surface area contributed by atoms with Crippen molar-refractivity contribution >= 4 is 17.5 Å². The van der Waals surface area contributed by atoms with Crippen molar-refractivity contribution in [3.05, 3.63) is 70.2 Å². The van der Waals surface area contributed by atoms with Crippen LogP contribution in [0.5, 0.6) is 0 Å². The van der Waals surface area contributed by atoms with Crippen LogP contribution in [0.2, 0.25) is 5.02 Å². The Morgan fingerprint density at radius 2 is 1.74 bits per heavy atom. The first kappa shape index (κ1) is 17.3. The van der Waals surface area contributed by atoms with E-state index in [0.29, 0.717) is 0 Å². The highest BCUT2D eigenvalue weighted by Gasteiger charge is 2.34. The molecular weight excluding hydrogens is 331 g/mol. The van der Waals surface area contributed by atoms with Gasteiger partial charge in [0.05, 0.1) is 22.3 Å². The van der Waals surface area contributed by atoms with Crippen LogP contribution in [0.15, 0.2) is 48.5 Å². The molecule has 0 aliphatic heterocycles. The summed E-state index contributed by atoms with van der Waals surface area (Å²) in [6, 6.07) is 10.9. The van der Waals surface area contributed by atoms with Crippen molar-refractivity contribution in [3.63, 3.8) is 0 Å². The fourth-order valence-electron chi connectivity index (χ4n) is 2.09. The normalized spacial score (nSPS) is 12.7. The Morgan fingerprint density at radius 1 is 1.13 bits per heavy atom. The lowest BCUT2D eigenvalue weighted by molar-refractivity contribution is -0.139. The van der Waals surface area contributed by atoms with Crippen LogP contribution in [0.4, 0.5) is 13.2 Å². The molecule has 122 valence electrons. The molecule has 7 heteroatoms. The molecule has 0 saturated heterocycles. The monoisotopic (exact) mass is 343 g/mol. The lowest BCUT2D eigenvalue weighted by Crippen LogP contribution is -2.29. The van der Waals surface area contributed by atoms with E-state index < -0.39 is 23.8 Å². The van der Waals surface area contributed by atoms with Crippen molar-refractivity contribution in [2.24, 2.45) is 0 Å². The van der Waals surface area contributed by atoms with Gasteiger partial charge in [-0.2, -0.15) is 13.2 Å². The molecule has 0 spiro atoms. The summed E-state index contributed by atoms with van der Waals surface area (Å²) in [5.74, 6) is -0.570. The maximum absolute atomic E-state index is 12.9. The molecule has 2 aromatic carbocycles. The number of nitrogens with one attached hydrogen (secondary N) is 1. The number of benzene rings is 2. The quantitative estimate of drug-likeness (QED) is 0.886. The highest BCUT2D eigenvalue weighted by Crippen LogP contribution is 2.34. The number of halogens is 4. The predicted molar refractivity (Wildman–Crippen MR) is 80.2 cm³/mol. The lowest BCUT2D eigenvalue weighted by Gasteiger charge is -2.18. The van der Waals surface area contributed by atoms with E-state index in [2.05, 4.69) is 5.32 Å². The van der Waals surface area contributed by atoms with E-state index in [1.807, 2.05) is 0 Å². The second-order valence-corrected chi connectivity index (χ2v) is 5.20. The van der Waals surface area contributed by atoms with Gasteiger partial charge in [-0.3, -0.25) is 4.79 Å². The van der Waals surface area contributed by atoms with Gasteiger partial charge in [-0.1, -0.05) is 41.9 Å². The fourth-order valence-corrected chi connectivity index (χ4v) is 2.31. The number of hydrogen-bond donors (Lipinski definition) is 2. The summed E-state index contributed by atoms with van der Waals surface area (Å²) in [5.41, 5.74) is -1.04. The third-order valence-corrected chi connectivity index (χ3v) is 3.53. The smallest absolute Gasteiger partial charge is 0.387 e. The van der Waals surface area contributed by atoms with E-state index in [0.717, 1.165) is 6.07 Å². The molecule has 23 heavy (non-hydrogen) atoms. The molecule has 0 radical (unpaired) electrons. The van der Waals surface area contributed by atoms with Crippen molar-refractivity contribution in [2.45, 2.75) is 12.3 Å². The summed E-state index contributed by atoms with van der Waals surface area (Å²) in [4.78, 5) is 12.0. The van der Waals surface area contributed by atoms with Crippen LogP contribution in [-0.4, -0.2) is 17.6 Å². The van der Waals surface area contributed by atoms with Gasteiger partial charge in [0.1, 0.15) is 0 Å². The van der Waals surface area contributed by atoms with E-state index in [9.17, 15) is 23.1 Å². The topological polar surface area (TPSA) is 49.3 Å². The Hall–Kier alpha value is -2.05. The first-order chi connectivity index (χ1) is 10.8. The molecule has 2 aromatic rings. The predicted octanol–water partition coefficient (Wildman–Crippen LogP) is 3.82. The minimum absolute atomic E-state index is 0.186. The van der Waals surface area contributed by atoms with Gasteiger partial charge in [-0.15, -0.1) is 0 Å². The molecule has 2 N–H and O–H groups in total. The lowest BCUT2D eigenvalue weighted by atomic mass is 10.0. The van der Waals surface area contributed by atoms with Gasteiger partial charge in [0.2, 0.25) is 0 Å². The summed E-state index contributed by atoms with van der Waals surface area (Å²) >= 11 is 5.86. The Balaban J connectivity index is 2.11. The van der Waals surface area contributed by atoms with Gasteiger partial charge in [0.25, 0.3) is 5.91 Å². The van der Waals surface area contributed by atoms with Crippen molar-refractivity contribution in [3.8, 4) is 0 Å². The molecule has 2 rings (SSSR count). The first-order valence-corrected chi connectivity index (χ1v) is 7.05. The van der Waals surface area contributed by atoms with E-state index in [1.54, 1.807) is 12.1 Å². The number of amides is 1. The number of aliphatic hydroxyl groups is 1. The van der Waals surface area contributed by atoms with Gasteiger partial charge in [-0.25, -0.2) is 0 Å². The Bertz CT molecular complexity index is 704. The highest BCUT2D eigenvalue weighted by molar-refractivity contribution is 6.33. The Kier molecular flexibility index (Phi) is 5.28. The average molecular weight is 344 g/mol. The Labute approximate surface area is 135 Å². The zero-order valence-corrected chi connectivity index (χ0v) is 12.5.